The Balaban J connectivity index is 1.46. The van der Waals surface area contributed by atoms with Crippen molar-refractivity contribution >= 4 is 17.5 Å². The highest BCUT2D eigenvalue weighted by Gasteiger charge is 2.29. The van der Waals surface area contributed by atoms with Crippen molar-refractivity contribution in [2.24, 2.45) is 0 Å². The number of H-pyrrole nitrogens is 1. The second kappa shape index (κ2) is 7.40. The lowest BCUT2D eigenvalue weighted by molar-refractivity contribution is 0.100. The van der Waals surface area contributed by atoms with Gasteiger partial charge in [-0.15, -0.1) is 0 Å². The summed E-state index contributed by atoms with van der Waals surface area (Å²) in [6.45, 7) is 5.18. The van der Waals surface area contributed by atoms with Crippen LogP contribution < -0.4 is 5.32 Å². The number of benzene rings is 2. The smallest absolute Gasteiger partial charge is 0.256 e. The molecule has 28 heavy (non-hydrogen) atoms. The summed E-state index contributed by atoms with van der Waals surface area (Å²) in [4.78, 5) is 26.3. The number of hydrogen-bond donors (Lipinski definition) is 2. The van der Waals surface area contributed by atoms with E-state index >= 15 is 0 Å². The molecule has 1 aliphatic rings. The highest BCUT2D eigenvalue weighted by Crippen LogP contribution is 2.33. The molecule has 6 nitrogen and oxygen atoms in total. The number of rotatable bonds is 5. The molecule has 1 aromatic heterocycles. The second-order valence-corrected chi connectivity index (χ2v) is 7.11. The number of fused-ring (bicyclic) bond motifs is 1. The van der Waals surface area contributed by atoms with E-state index in [-0.39, 0.29) is 17.7 Å². The van der Waals surface area contributed by atoms with Gasteiger partial charge in [0.1, 0.15) is 0 Å². The summed E-state index contributed by atoms with van der Waals surface area (Å²) in [5.74, 6) is 0.307. The fourth-order valence-electron chi connectivity index (χ4n) is 3.52. The van der Waals surface area contributed by atoms with Crippen LogP contribution in [0.5, 0.6) is 0 Å². The van der Waals surface area contributed by atoms with Crippen LogP contribution in [0.2, 0.25) is 0 Å². The Bertz CT molecular complexity index is 1010. The first-order valence-corrected chi connectivity index (χ1v) is 9.30. The zero-order valence-electron chi connectivity index (χ0n) is 15.9. The van der Waals surface area contributed by atoms with Gasteiger partial charge < -0.3 is 5.32 Å². The monoisotopic (exact) mass is 374 g/mol. The van der Waals surface area contributed by atoms with E-state index in [4.69, 9.17) is 0 Å². The molecule has 0 saturated carbocycles. The number of hydrogen-bond acceptors (Lipinski definition) is 4. The molecular weight excluding hydrogens is 352 g/mol. The number of Topliss-reactive ketones (excluding diaryl/α,β-unsaturated/α-hetero) is 1. The second-order valence-electron chi connectivity index (χ2n) is 7.11. The highest BCUT2D eigenvalue weighted by molar-refractivity contribution is 6.05. The van der Waals surface area contributed by atoms with Gasteiger partial charge in [0.25, 0.3) is 5.91 Å². The number of carbonyl (C=O) groups is 2. The first kappa shape index (κ1) is 18.1. The maximum absolute atomic E-state index is 12.6. The standard InChI is InChI=1S/C22H22N4O2/c1-14(16-6-4-3-5-7-16)26-12-19-20(13-26)24-25-21(19)23-22(28)18-10-8-17(9-11-18)15(2)27/h3-11,14H,12-13H2,1-2H3,(H2,23,24,25,28). The van der Waals surface area contributed by atoms with Gasteiger partial charge in [0.2, 0.25) is 0 Å². The summed E-state index contributed by atoms with van der Waals surface area (Å²) in [6.07, 6.45) is 0. The fraction of sp³-hybridized carbons (Fsp3) is 0.227. The van der Waals surface area contributed by atoms with E-state index in [1.807, 2.05) is 18.2 Å². The molecular formula is C22H22N4O2. The quantitative estimate of drug-likeness (QED) is 0.663. The van der Waals surface area contributed by atoms with Crippen molar-refractivity contribution in [1.29, 1.82) is 0 Å². The highest BCUT2D eigenvalue weighted by atomic mass is 16.1. The van der Waals surface area contributed by atoms with Crippen molar-refractivity contribution < 1.29 is 9.59 Å². The first-order valence-electron chi connectivity index (χ1n) is 9.30. The first-order chi connectivity index (χ1) is 13.5. The Labute approximate surface area is 163 Å². The summed E-state index contributed by atoms with van der Waals surface area (Å²) in [6, 6.07) is 17.3. The third-order valence-electron chi connectivity index (χ3n) is 5.29. The summed E-state index contributed by atoms with van der Waals surface area (Å²) >= 11 is 0. The van der Waals surface area contributed by atoms with Crippen LogP contribution in [0.3, 0.4) is 0 Å². The molecule has 0 saturated heterocycles. The van der Waals surface area contributed by atoms with E-state index < -0.39 is 0 Å². The third-order valence-corrected chi connectivity index (χ3v) is 5.29. The van der Waals surface area contributed by atoms with Crippen LogP contribution in [0.1, 0.15) is 57.4 Å². The van der Waals surface area contributed by atoms with Crippen molar-refractivity contribution in [3.05, 3.63) is 82.5 Å². The van der Waals surface area contributed by atoms with E-state index in [2.05, 4.69) is 39.5 Å². The third kappa shape index (κ3) is 3.46. The van der Waals surface area contributed by atoms with Gasteiger partial charge in [0.15, 0.2) is 11.6 Å². The molecule has 1 amide bonds. The predicted molar refractivity (Wildman–Crippen MR) is 107 cm³/mol. The van der Waals surface area contributed by atoms with Crippen LogP contribution in [0.25, 0.3) is 0 Å². The molecule has 0 spiro atoms. The van der Waals surface area contributed by atoms with E-state index in [1.165, 1.54) is 12.5 Å². The van der Waals surface area contributed by atoms with Crippen LogP contribution >= 0.6 is 0 Å². The van der Waals surface area contributed by atoms with E-state index in [0.29, 0.717) is 16.9 Å². The maximum Gasteiger partial charge on any atom is 0.256 e. The number of anilines is 1. The molecule has 2 heterocycles. The zero-order chi connectivity index (χ0) is 19.7. The summed E-state index contributed by atoms with van der Waals surface area (Å²) in [7, 11) is 0. The number of amides is 1. The number of nitrogens with zero attached hydrogens (tertiary/aromatic N) is 2. The Kier molecular flexibility index (Phi) is 4.79. The minimum Gasteiger partial charge on any atom is -0.305 e. The number of aromatic amines is 1. The van der Waals surface area contributed by atoms with Gasteiger partial charge >= 0.3 is 0 Å². The van der Waals surface area contributed by atoms with Crippen LogP contribution in [0.15, 0.2) is 54.6 Å². The zero-order valence-corrected chi connectivity index (χ0v) is 15.9. The SMILES string of the molecule is CC(=O)c1ccc(C(=O)Nc2n[nH]c3c2CN(C(C)c2ccccc2)C3)cc1. The average Bonchev–Trinajstić information content (AvgIpc) is 3.30. The molecule has 1 unspecified atom stereocenters. The van der Waals surface area contributed by atoms with Gasteiger partial charge in [0, 0.05) is 35.8 Å². The summed E-state index contributed by atoms with van der Waals surface area (Å²) < 4.78 is 0. The Morgan fingerprint density at radius 1 is 1.04 bits per heavy atom. The molecule has 0 bridgehead atoms. The molecule has 1 aliphatic heterocycles. The van der Waals surface area contributed by atoms with Gasteiger partial charge in [-0.2, -0.15) is 5.10 Å². The lowest BCUT2D eigenvalue weighted by atomic mass is 10.1. The number of aromatic nitrogens is 2. The Morgan fingerprint density at radius 2 is 1.71 bits per heavy atom. The molecule has 142 valence electrons. The van der Waals surface area contributed by atoms with Gasteiger partial charge in [-0.3, -0.25) is 19.6 Å². The molecule has 0 aliphatic carbocycles. The minimum absolute atomic E-state index is 0.0234. The van der Waals surface area contributed by atoms with E-state index in [1.54, 1.807) is 24.3 Å². The van der Waals surface area contributed by atoms with Crippen LogP contribution in [-0.2, 0) is 13.1 Å². The van der Waals surface area contributed by atoms with Crippen LogP contribution in [0, 0.1) is 0 Å². The molecule has 3 aromatic rings. The maximum atomic E-state index is 12.6. The Hall–Kier alpha value is -3.25. The molecule has 2 aromatic carbocycles. The number of nitrogens with one attached hydrogen (secondary N) is 2. The predicted octanol–water partition coefficient (Wildman–Crippen LogP) is 3.94. The van der Waals surface area contributed by atoms with Gasteiger partial charge in [0.05, 0.1) is 5.69 Å². The minimum atomic E-state index is -0.237. The van der Waals surface area contributed by atoms with Crippen molar-refractivity contribution in [3.8, 4) is 0 Å². The van der Waals surface area contributed by atoms with Crippen molar-refractivity contribution in [2.75, 3.05) is 5.32 Å². The normalized spacial score (nSPS) is 14.5. The van der Waals surface area contributed by atoms with E-state index in [9.17, 15) is 9.59 Å². The molecule has 4 rings (SSSR count). The Morgan fingerprint density at radius 3 is 2.39 bits per heavy atom. The number of ketones is 1. The van der Waals surface area contributed by atoms with Crippen molar-refractivity contribution in [2.45, 2.75) is 33.0 Å². The fourth-order valence-corrected chi connectivity index (χ4v) is 3.52. The molecule has 0 radical (unpaired) electrons. The lowest BCUT2D eigenvalue weighted by Gasteiger charge is -2.24. The topological polar surface area (TPSA) is 78.1 Å². The largest absolute Gasteiger partial charge is 0.305 e. The summed E-state index contributed by atoms with van der Waals surface area (Å²) in [5.41, 5.74) is 4.40. The van der Waals surface area contributed by atoms with Crippen LogP contribution in [0.4, 0.5) is 5.82 Å². The lowest BCUT2D eigenvalue weighted by Crippen LogP contribution is -2.22. The van der Waals surface area contributed by atoms with Gasteiger partial charge in [-0.25, -0.2) is 0 Å². The molecule has 0 fully saturated rings. The van der Waals surface area contributed by atoms with Gasteiger partial charge in [-0.1, -0.05) is 42.5 Å². The summed E-state index contributed by atoms with van der Waals surface area (Å²) in [5, 5.41) is 10.2. The average molecular weight is 374 g/mol. The molecule has 2 N–H and O–H groups in total. The molecule has 1 atom stereocenters. The number of carbonyl (C=O) groups excluding carboxylic acids is 2. The van der Waals surface area contributed by atoms with E-state index in [0.717, 1.165) is 24.3 Å². The van der Waals surface area contributed by atoms with Gasteiger partial charge in [-0.05, 0) is 31.5 Å². The van der Waals surface area contributed by atoms with Crippen molar-refractivity contribution in [3.63, 3.8) is 0 Å². The van der Waals surface area contributed by atoms with Crippen molar-refractivity contribution in [1.82, 2.24) is 15.1 Å². The van der Waals surface area contributed by atoms with Crippen LogP contribution in [-0.4, -0.2) is 26.8 Å². The molecule has 6 heteroatoms.